The lowest BCUT2D eigenvalue weighted by molar-refractivity contribution is -0.139. The highest BCUT2D eigenvalue weighted by Crippen LogP contribution is 2.41. The minimum Gasteiger partial charge on any atom is -0.507 e. The summed E-state index contributed by atoms with van der Waals surface area (Å²) in [5.74, 6) is 0.206. The number of carbonyl (C=O) groups excluding carboxylic acids is 2. The van der Waals surface area contributed by atoms with E-state index in [0.29, 0.717) is 41.3 Å². The fraction of sp³-hybridized carbons (Fsp3) is 0.241. The number of hydrogen-bond acceptors (Lipinski definition) is 6. The number of nitrogens with zero attached hydrogens (tertiary/aromatic N) is 2. The van der Waals surface area contributed by atoms with Gasteiger partial charge in [-0.2, -0.15) is 0 Å². The van der Waals surface area contributed by atoms with Crippen LogP contribution in [0.25, 0.3) is 5.76 Å². The molecule has 1 heterocycles. The van der Waals surface area contributed by atoms with E-state index in [1.54, 1.807) is 35.2 Å². The van der Waals surface area contributed by atoms with E-state index in [0.717, 1.165) is 6.54 Å². The van der Waals surface area contributed by atoms with Gasteiger partial charge in [-0.15, -0.1) is 0 Å². The number of benzene rings is 3. The molecular weight excluding hydrogens is 456 g/mol. The lowest BCUT2D eigenvalue weighted by Gasteiger charge is -2.26. The van der Waals surface area contributed by atoms with Crippen LogP contribution in [-0.4, -0.2) is 60.9 Å². The summed E-state index contributed by atoms with van der Waals surface area (Å²) in [4.78, 5) is 30.0. The second-order valence-corrected chi connectivity index (χ2v) is 8.87. The van der Waals surface area contributed by atoms with Gasteiger partial charge >= 0.3 is 0 Å². The monoisotopic (exact) mass is 486 g/mol. The van der Waals surface area contributed by atoms with Crippen LogP contribution in [0.15, 0.2) is 84.4 Å². The summed E-state index contributed by atoms with van der Waals surface area (Å²) in [7, 11) is 5.44. The van der Waals surface area contributed by atoms with Crippen LogP contribution in [0.5, 0.6) is 17.2 Å². The standard InChI is InChI=1S/C29H30N2O5/c1-30(2)16-9-17-31-26(20-10-7-15-24(18-20)36-22-12-5-4-6-13-22)25(28(33)29(31)34)27(32)21-11-8-14-23(19-21)35-3/h4-8,10-15,18-19,26,32H,9,16-17H2,1-3H3/b27-25-. The van der Waals surface area contributed by atoms with Crippen molar-refractivity contribution < 1.29 is 24.2 Å². The minimum atomic E-state index is -0.752. The molecular formula is C29H30N2O5. The number of amides is 1. The van der Waals surface area contributed by atoms with Crippen molar-refractivity contribution in [1.82, 2.24) is 9.80 Å². The molecule has 1 unspecified atom stereocenters. The first-order valence-electron chi connectivity index (χ1n) is 11.8. The van der Waals surface area contributed by atoms with Gasteiger partial charge in [-0.1, -0.05) is 42.5 Å². The van der Waals surface area contributed by atoms with Crippen molar-refractivity contribution in [2.75, 3.05) is 34.3 Å². The number of aliphatic hydroxyl groups excluding tert-OH is 1. The van der Waals surface area contributed by atoms with Gasteiger partial charge in [0.1, 0.15) is 23.0 Å². The van der Waals surface area contributed by atoms with Gasteiger partial charge in [-0.25, -0.2) is 0 Å². The third-order valence-corrected chi connectivity index (χ3v) is 6.04. The Kier molecular flexibility index (Phi) is 7.71. The van der Waals surface area contributed by atoms with Gasteiger partial charge in [0, 0.05) is 12.1 Å². The summed E-state index contributed by atoms with van der Waals surface area (Å²) < 4.78 is 11.3. The molecule has 3 aromatic carbocycles. The summed E-state index contributed by atoms with van der Waals surface area (Å²) >= 11 is 0. The Bertz CT molecular complexity index is 1270. The molecule has 1 amide bonds. The van der Waals surface area contributed by atoms with Gasteiger partial charge in [-0.3, -0.25) is 9.59 Å². The van der Waals surface area contributed by atoms with Crippen LogP contribution in [0.1, 0.15) is 23.6 Å². The first kappa shape index (κ1) is 25.0. The number of methoxy groups -OCH3 is 1. The molecule has 4 rings (SSSR count). The largest absolute Gasteiger partial charge is 0.507 e. The van der Waals surface area contributed by atoms with Crippen LogP contribution in [0.4, 0.5) is 0 Å². The predicted molar refractivity (Wildman–Crippen MR) is 138 cm³/mol. The first-order valence-corrected chi connectivity index (χ1v) is 11.8. The average Bonchev–Trinajstić information content (AvgIpc) is 3.14. The molecule has 1 atom stereocenters. The lowest BCUT2D eigenvalue weighted by Crippen LogP contribution is -2.32. The molecule has 1 N–H and O–H groups in total. The van der Waals surface area contributed by atoms with Crippen LogP contribution in [0.3, 0.4) is 0 Å². The number of Topliss-reactive ketones (excluding diaryl/α,β-unsaturated/α-hetero) is 1. The zero-order valence-corrected chi connectivity index (χ0v) is 20.7. The summed E-state index contributed by atoms with van der Waals surface area (Å²) in [5.41, 5.74) is 1.13. The molecule has 0 radical (unpaired) electrons. The summed E-state index contributed by atoms with van der Waals surface area (Å²) in [5, 5.41) is 11.3. The van der Waals surface area contributed by atoms with Crippen LogP contribution in [-0.2, 0) is 9.59 Å². The van der Waals surface area contributed by atoms with Crippen molar-refractivity contribution in [3.63, 3.8) is 0 Å². The Labute approximate surface area is 211 Å². The van der Waals surface area contributed by atoms with E-state index < -0.39 is 17.7 Å². The molecule has 3 aromatic rings. The van der Waals surface area contributed by atoms with E-state index in [1.807, 2.05) is 67.5 Å². The van der Waals surface area contributed by atoms with Crippen molar-refractivity contribution in [2.45, 2.75) is 12.5 Å². The van der Waals surface area contributed by atoms with Crippen molar-refractivity contribution in [3.8, 4) is 17.2 Å². The van der Waals surface area contributed by atoms with E-state index in [1.165, 1.54) is 7.11 Å². The van der Waals surface area contributed by atoms with Crippen molar-refractivity contribution in [3.05, 3.63) is 95.6 Å². The van der Waals surface area contributed by atoms with Crippen LogP contribution in [0.2, 0.25) is 0 Å². The predicted octanol–water partition coefficient (Wildman–Crippen LogP) is 4.86. The highest BCUT2D eigenvalue weighted by Gasteiger charge is 2.46. The summed E-state index contributed by atoms with van der Waals surface area (Å²) in [6, 6.07) is 22.7. The molecule has 7 nitrogen and oxygen atoms in total. The Balaban J connectivity index is 1.78. The number of ether oxygens (including phenoxy) is 2. The smallest absolute Gasteiger partial charge is 0.295 e. The molecule has 1 saturated heterocycles. The number of ketones is 1. The lowest BCUT2D eigenvalue weighted by atomic mass is 9.95. The molecule has 0 saturated carbocycles. The van der Waals surface area contributed by atoms with E-state index in [9.17, 15) is 14.7 Å². The molecule has 0 spiro atoms. The van der Waals surface area contributed by atoms with Gasteiger partial charge in [0.05, 0.1) is 18.7 Å². The summed E-state index contributed by atoms with van der Waals surface area (Å²) in [6.45, 7) is 1.12. The Morgan fingerprint density at radius 3 is 2.33 bits per heavy atom. The van der Waals surface area contributed by atoms with E-state index in [4.69, 9.17) is 9.47 Å². The van der Waals surface area contributed by atoms with Gasteiger partial charge in [0.15, 0.2) is 0 Å². The quantitative estimate of drug-likeness (QED) is 0.264. The second-order valence-electron chi connectivity index (χ2n) is 8.87. The van der Waals surface area contributed by atoms with Crippen LogP contribution in [0, 0.1) is 0 Å². The van der Waals surface area contributed by atoms with Crippen LogP contribution < -0.4 is 9.47 Å². The molecule has 7 heteroatoms. The third-order valence-electron chi connectivity index (χ3n) is 6.04. The van der Waals surface area contributed by atoms with Crippen molar-refractivity contribution >= 4 is 17.4 Å². The SMILES string of the molecule is COc1cccc(/C(O)=C2/C(=O)C(=O)N(CCCN(C)C)C2c2cccc(Oc3ccccc3)c2)c1. The van der Waals surface area contributed by atoms with Gasteiger partial charge < -0.3 is 24.4 Å². The van der Waals surface area contributed by atoms with Gasteiger partial charge in [-0.05, 0) is 69.0 Å². The normalized spacial score (nSPS) is 17.0. The molecule has 186 valence electrons. The molecule has 1 aliphatic rings. The fourth-order valence-corrected chi connectivity index (χ4v) is 4.31. The number of para-hydroxylation sites is 1. The highest BCUT2D eigenvalue weighted by atomic mass is 16.5. The molecule has 0 bridgehead atoms. The summed E-state index contributed by atoms with van der Waals surface area (Å²) in [6.07, 6.45) is 0.677. The molecule has 0 aromatic heterocycles. The van der Waals surface area contributed by atoms with Crippen molar-refractivity contribution in [2.24, 2.45) is 0 Å². The Morgan fingerprint density at radius 2 is 1.61 bits per heavy atom. The topological polar surface area (TPSA) is 79.3 Å². The maximum absolute atomic E-state index is 13.3. The van der Waals surface area contributed by atoms with E-state index in [2.05, 4.69) is 0 Å². The highest BCUT2D eigenvalue weighted by molar-refractivity contribution is 6.46. The van der Waals surface area contributed by atoms with E-state index in [-0.39, 0.29) is 11.3 Å². The third kappa shape index (κ3) is 5.42. The molecule has 36 heavy (non-hydrogen) atoms. The van der Waals surface area contributed by atoms with E-state index >= 15 is 0 Å². The zero-order valence-electron chi connectivity index (χ0n) is 20.7. The number of likely N-dealkylation sites (tertiary alicyclic amines) is 1. The zero-order chi connectivity index (χ0) is 25.7. The minimum absolute atomic E-state index is 0.0509. The molecule has 1 fully saturated rings. The van der Waals surface area contributed by atoms with Gasteiger partial charge in [0.2, 0.25) is 0 Å². The Hall–Kier alpha value is -4.10. The fourth-order valence-electron chi connectivity index (χ4n) is 4.31. The molecule has 0 aliphatic carbocycles. The number of carbonyl (C=O) groups is 2. The maximum Gasteiger partial charge on any atom is 0.295 e. The second kappa shape index (κ2) is 11.1. The van der Waals surface area contributed by atoms with Crippen molar-refractivity contribution in [1.29, 1.82) is 0 Å². The Morgan fingerprint density at radius 1 is 0.917 bits per heavy atom. The average molecular weight is 487 g/mol. The first-order chi connectivity index (χ1) is 17.4. The number of rotatable bonds is 9. The maximum atomic E-state index is 13.3. The number of aliphatic hydroxyl groups is 1. The van der Waals surface area contributed by atoms with Gasteiger partial charge in [0.25, 0.3) is 11.7 Å². The number of hydrogen-bond donors (Lipinski definition) is 1. The van der Waals surface area contributed by atoms with Crippen LogP contribution >= 0.6 is 0 Å². The molecule has 1 aliphatic heterocycles.